The molecule has 3 aliphatic carbocycles. The Morgan fingerprint density at radius 1 is 1.23 bits per heavy atom. The average Bonchev–Trinajstić information content (AvgIpc) is 3.53. The summed E-state index contributed by atoms with van der Waals surface area (Å²) in [6.45, 7) is 0.420. The van der Waals surface area contributed by atoms with Crippen molar-refractivity contribution in [1.82, 2.24) is 14.8 Å². The highest BCUT2D eigenvalue weighted by atomic mass is 35.5. The second kappa shape index (κ2) is 4.98. The number of hydrogen-bond donors (Lipinski definition) is 2. The lowest BCUT2D eigenvalue weighted by Gasteiger charge is -2.10. The first-order valence-electron chi connectivity index (χ1n) is 8.74. The number of aromatic nitrogens is 3. The summed E-state index contributed by atoms with van der Waals surface area (Å²) in [5.41, 5.74) is -0.186. The van der Waals surface area contributed by atoms with E-state index in [9.17, 15) is 9.90 Å². The van der Waals surface area contributed by atoms with E-state index >= 15 is 0 Å². The molecule has 0 atom stereocenters. The summed E-state index contributed by atoms with van der Waals surface area (Å²) in [5, 5.41) is 24.1. The maximum absolute atomic E-state index is 11.0. The van der Waals surface area contributed by atoms with Crippen LogP contribution in [0.5, 0.6) is 5.88 Å². The predicted octanol–water partition coefficient (Wildman–Crippen LogP) is 2.69. The van der Waals surface area contributed by atoms with Gasteiger partial charge in [-0.1, -0.05) is 11.6 Å². The third-order valence-electron chi connectivity index (χ3n) is 6.51. The van der Waals surface area contributed by atoms with Crippen molar-refractivity contribution in [2.75, 3.05) is 6.61 Å². The van der Waals surface area contributed by atoms with Crippen molar-refractivity contribution in [1.29, 1.82) is 0 Å². The van der Waals surface area contributed by atoms with Crippen LogP contribution in [-0.2, 0) is 0 Å². The second-order valence-corrected chi connectivity index (χ2v) is 7.89. The normalized spacial score (nSPS) is 22.4. The van der Waals surface area contributed by atoms with Crippen molar-refractivity contribution < 1.29 is 19.7 Å². The van der Waals surface area contributed by atoms with Crippen molar-refractivity contribution in [2.24, 2.45) is 10.8 Å². The maximum atomic E-state index is 11.0. The largest absolute Gasteiger partial charge is 0.478 e. The topological polar surface area (TPSA) is 97.5 Å². The van der Waals surface area contributed by atoms with Crippen molar-refractivity contribution >= 4 is 17.6 Å². The number of hydrogen-bond acceptors (Lipinski definition) is 5. The molecule has 2 spiro atoms. The fourth-order valence-corrected chi connectivity index (χ4v) is 5.18. The molecule has 2 aromatic heterocycles. The Morgan fingerprint density at radius 3 is 2.50 bits per heavy atom. The molecular formula is C18H18ClN3O4. The summed E-state index contributed by atoms with van der Waals surface area (Å²) < 4.78 is 7.19. The van der Waals surface area contributed by atoms with E-state index in [-0.39, 0.29) is 21.5 Å². The third kappa shape index (κ3) is 1.95. The van der Waals surface area contributed by atoms with E-state index in [2.05, 4.69) is 10.1 Å². The fraction of sp³-hybridized carbons (Fsp3) is 0.500. The van der Waals surface area contributed by atoms with Gasteiger partial charge < -0.3 is 14.9 Å². The summed E-state index contributed by atoms with van der Waals surface area (Å²) in [4.78, 5) is 15.0. The molecule has 2 N–H and O–H groups in total. The molecule has 136 valence electrons. The number of carboxylic acid groups (broad SMARTS) is 1. The Labute approximate surface area is 154 Å². The number of aromatic carboxylic acids is 1. The number of rotatable bonds is 6. The van der Waals surface area contributed by atoms with Gasteiger partial charge in [-0.05, 0) is 37.8 Å². The molecule has 0 amide bonds. The molecule has 2 heterocycles. The minimum absolute atomic E-state index is 0.0558. The van der Waals surface area contributed by atoms with Gasteiger partial charge in [-0.25, -0.2) is 14.5 Å². The van der Waals surface area contributed by atoms with Crippen LogP contribution in [0.2, 0.25) is 5.15 Å². The predicted molar refractivity (Wildman–Crippen MR) is 91.7 cm³/mol. The second-order valence-electron chi connectivity index (χ2n) is 7.53. The Hall–Kier alpha value is -2.12. The molecule has 8 heteroatoms. The molecular weight excluding hydrogens is 358 g/mol. The lowest BCUT2D eigenvalue weighted by molar-refractivity contribution is 0.0696. The van der Waals surface area contributed by atoms with Gasteiger partial charge in [0.25, 0.3) is 0 Å². The van der Waals surface area contributed by atoms with E-state index in [0.29, 0.717) is 24.7 Å². The van der Waals surface area contributed by atoms with Gasteiger partial charge >= 0.3 is 5.97 Å². The van der Waals surface area contributed by atoms with Gasteiger partial charge in [0.2, 0.25) is 5.88 Å². The number of carboxylic acids is 1. The van der Waals surface area contributed by atoms with Crippen molar-refractivity contribution in [3.63, 3.8) is 0 Å². The summed E-state index contributed by atoms with van der Waals surface area (Å²) in [7, 11) is 0. The molecule has 3 saturated carbocycles. The molecule has 3 fully saturated rings. The number of ether oxygens (including phenoxy) is 1. The molecule has 5 rings (SSSR count). The first-order chi connectivity index (χ1) is 12.4. The zero-order chi connectivity index (χ0) is 18.2. The lowest BCUT2D eigenvalue weighted by atomic mass is 10.1. The Kier molecular flexibility index (Phi) is 3.08. The van der Waals surface area contributed by atoms with Gasteiger partial charge in [0.15, 0.2) is 5.82 Å². The van der Waals surface area contributed by atoms with Crippen molar-refractivity contribution in [3.8, 4) is 11.7 Å². The van der Waals surface area contributed by atoms with E-state index in [1.54, 1.807) is 12.3 Å². The van der Waals surface area contributed by atoms with Crippen LogP contribution >= 0.6 is 11.6 Å². The summed E-state index contributed by atoms with van der Waals surface area (Å²) in [6.07, 6.45) is 6.91. The summed E-state index contributed by atoms with van der Waals surface area (Å²) >= 11 is 5.90. The number of carbonyl (C=O) groups is 1. The Balaban J connectivity index is 1.24. The van der Waals surface area contributed by atoms with E-state index in [0.717, 1.165) is 25.7 Å². The first kappa shape index (κ1) is 16.1. The number of pyridine rings is 1. The monoisotopic (exact) mass is 375 g/mol. The Bertz CT molecular complexity index is 899. The maximum Gasteiger partial charge on any atom is 0.338 e. The quantitative estimate of drug-likeness (QED) is 0.753. The lowest BCUT2D eigenvalue weighted by Crippen LogP contribution is -2.18. The third-order valence-corrected chi connectivity index (χ3v) is 6.80. The van der Waals surface area contributed by atoms with E-state index in [1.807, 2.05) is 0 Å². The molecule has 2 aromatic rings. The van der Waals surface area contributed by atoms with Gasteiger partial charge in [-0.3, -0.25) is 0 Å². The zero-order valence-electron chi connectivity index (χ0n) is 14.0. The van der Waals surface area contributed by atoms with E-state index in [4.69, 9.17) is 21.4 Å². The van der Waals surface area contributed by atoms with Crippen LogP contribution in [0.4, 0.5) is 0 Å². The van der Waals surface area contributed by atoms with Crippen LogP contribution in [-0.4, -0.2) is 43.2 Å². The van der Waals surface area contributed by atoms with E-state index in [1.165, 1.54) is 16.8 Å². The molecule has 7 nitrogen and oxygen atoms in total. The molecule has 0 aliphatic heterocycles. The van der Waals surface area contributed by atoms with Gasteiger partial charge in [0.05, 0.1) is 17.8 Å². The SMILES string of the molecule is O=C(O)c1ccc(-n2ccc(OCCC3(O)C4(CC4)C34CC4)n2)nc1Cl. The van der Waals surface area contributed by atoms with Crippen LogP contribution in [0.25, 0.3) is 5.82 Å². The van der Waals surface area contributed by atoms with Crippen LogP contribution in [0, 0.1) is 10.8 Å². The fourth-order valence-electron chi connectivity index (χ4n) is 4.95. The number of fused-ring (bicyclic) bond motifs is 1. The first-order valence-corrected chi connectivity index (χ1v) is 9.11. The molecule has 0 aromatic carbocycles. The van der Waals surface area contributed by atoms with Gasteiger partial charge in [-0.15, -0.1) is 5.10 Å². The standard InChI is InChI=1S/C18H18ClN3O4/c19-14-11(15(23)24)1-2-12(20-14)22-9-3-13(21-22)26-10-8-18(25)16(4-5-16)17(18)6-7-17/h1-3,9,25H,4-8,10H2,(H,23,24). The zero-order valence-corrected chi connectivity index (χ0v) is 14.7. The summed E-state index contributed by atoms with van der Waals surface area (Å²) in [5.74, 6) is -0.285. The Morgan fingerprint density at radius 2 is 1.92 bits per heavy atom. The van der Waals surface area contributed by atoms with E-state index < -0.39 is 11.6 Å². The highest BCUT2D eigenvalue weighted by Gasteiger charge is 2.94. The van der Waals surface area contributed by atoms with Gasteiger partial charge in [0, 0.05) is 29.5 Å². The molecule has 0 radical (unpaired) electrons. The van der Waals surface area contributed by atoms with Crippen LogP contribution in [0.15, 0.2) is 24.4 Å². The molecule has 26 heavy (non-hydrogen) atoms. The molecule has 0 saturated heterocycles. The van der Waals surface area contributed by atoms with Crippen LogP contribution < -0.4 is 4.74 Å². The van der Waals surface area contributed by atoms with Crippen LogP contribution in [0.3, 0.4) is 0 Å². The molecule has 0 unspecified atom stereocenters. The van der Waals surface area contributed by atoms with Gasteiger partial charge in [-0.2, -0.15) is 0 Å². The van der Waals surface area contributed by atoms with Gasteiger partial charge in [0.1, 0.15) is 5.15 Å². The van der Waals surface area contributed by atoms with Crippen molar-refractivity contribution in [2.45, 2.75) is 37.7 Å². The minimum Gasteiger partial charge on any atom is -0.478 e. The smallest absolute Gasteiger partial charge is 0.338 e. The van der Waals surface area contributed by atoms with Crippen molar-refractivity contribution in [3.05, 3.63) is 35.1 Å². The number of nitrogens with zero attached hydrogens (tertiary/aromatic N) is 3. The van der Waals surface area contributed by atoms with Crippen LogP contribution in [0.1, 0.15) is 42.5 Å². The summed E-state index contributed by atoms with van der Waals surface area (Å²) in [6, 6.07) is 4.63. The number of aliphatic hydroxyl groups is 1. The molecule has 3 aliphatic rings. The minimum atomic E-state index is -1.13. The molecule has 0 bridgehead atoms. The number of halogens is 1. The highest BCUT2D eigenvalue weighted by Crippen LogP contribution is 2.94. The average molecular weight is 376 g/mol. The highest BCUT2D eigenvalue weighted by molar-refractivity contribution is 6.32.